The summed E-state index contributed by atoms with van der Waals surface area (Å²) < 4.78 is 1.68. The Hall–Kier alpha value is -1.58. The Balaban J connectivity index is 2.77. The summed E-state index contributed by atoms with van der Waals surface area (Å²) in [5.41, 5.74) is 0.575. The van der Waals surface area contributed by atoms with E-state index in [1.165, 1.54) is 6.92 Å². The molecule has 0 N–H and O–H groups in total. The third kappa shape index (κ3) is 2.72. The van der Waals surface area contributed by atoms with Gasteiger partial charge in [-0.3, -0.25) is 9.59 Å². The fraction of sp³-hybridized carbons (Fsp3) is 0.500. The summed E-state index contributed by atoms with van der Waals surface area (Å²) in [6.07, 6.45) is 1.75. The average molecular weight is 222 g/mol. The second kappa shape index (κ2) is 4.96. The highest BCUT2D eigenvalue weighted by atomic mass is 16.2. The zero-order chi connectivity index (χ0) is 12.3. The molecule has 4 nitrogen and oxygen atoms in total. The van der Waals surface area contributed by atoms with E-state index in [0.717, 1.165) is 0 Å². The van der Waals surface area contributed by atoms with Crippen LogP contribution in [0.4, 0.5) is 0 Å². The van der Waals surface area contributed by atoms with E-state index < -0.39 is 0 Å². The van der Waals surface area contributed by atoms with Gasteiger partial charge >= 0.3 is 0 Å². The van der Waals surface area contributed by atoms with Crippen LogP contribution in [0.15, 0.2) is 18.3 Å². The second-order valence-electron chi connectivity index (χ2n) is 4.18. The van der Waals surface area contributed by atoms with Crippen LogP contribution in [0.1, 0.15) is 31.3 Å². The molecule has 1 amide bonds. The van der Waals surface area contributed by atoms with Gasteiger partial charge in [0.1, 0.15) is 6.54 Å². The van der Waals surface area contributed by atoms with Crippen molar-refractivity contribution in [2.45, 2.75) is 33.4 Å². The van der Waals surface area contributed by atoms with E-state index in [1.807, 2.05) is 13.8 Å². The van der Waals surface area contributed by atoms with Crippen LogP contribution in [0.25, 0.3) is 0 Å². The summed E-state index contributed by atoms with van der Waals surface area (Å²) in [7, 11) is 1.77. The molecular formula is C12H18N2O2. The first-order valence-corrected chi connectivity index (χ1v) is 5.35. The van der Waals surface area contributed by atoms with Gasteiger partial charge in [-0.05, 0) is 26.0 Å². The Morgan fingerprint density at radius 1 is 1.44 bits per heavy atom. The Morgan fingerprint density at radius 2 is 2.06 bits per heavy atom. The van der Waals surface area contributed by atoms with E-state index in [2.05, 4.69) is 0 Å². The first-order valence-electron chi connectivity index (χ1n) is 5.35. The quantitative estimate of drug-likeness (QED) is 0.725. The lowest BCUT2D eigenvalue weighted by Gasteiger charge is -2.22. The van der Waals surface area contributed by atoms with E-state index in [4.69, 9.17) is 0 Å². The van der Waals surface area contributed by atoms with Gasteiger partial charge in [-0.2, -0.15) is 0 Å². The van der Waals surface area contributed by atoms with Gasteiger partial charge < -0.3 is 9.47 Å². The molecule has 0 aliphatic carbocycles. The molecule has 0 saturated heterocycles. The summed E-state index contributed by atoms with van der Waals surface area (Å²) in [4.78, 5) is 24.8. The maximum atomic E-state index is 11.8. The van der Waals surface area contributed by atoms with Crippen molar-refractivity contribution < 1.29 is 9.59 Å². The number of likely N-dealkylation sites (N-methyl/N-ethyl adjacent to an activating group) is 1. The molecule has 16 heavy (non-hydrogen) atoms. The number of amides is 1. The van der Waals surface area contributed by atoms with Crippen LogP contribution in [0.2, 0.25) is 0 Å². The highest BCUT2D eigenvalue weighted by molar-refractivity contribution is 5.93. The van der Waals surface area contributed by atoms with Gasteiger partial charge in [-0.25, -0.2) is 0 Å². The average Bonchev–Trinajstić information content (AvgIpc) is 2.64. The Morgan fingerprint density at radius 3 is 2.56 bits per heavy atom. The number of aromatic nitrogens is 1. The third-order valence-corrected chi connectivity index (χ3v) is 2.66. The molecule has 0 bridgehead atoms. The number of ketones is 1. The third-order valence-electron chi connectivity index (χ3n) is 2.66. The summed E-state index contributed by atoms with van der Waals surface area (Å²) in [6.45, 7) is 5.64. The predicted molar refractivity (Wildman–Crippen MR) is 62.3 cm³/mol. The molecule has 0 aliphatic rings. The minimum Gasteiger partial charge on any atom is -0.342 e. The predicted octanol–water partition coefficient (Wildman–Crippen LogP) is 1.56. The van der Waals surface area contributed by atoms with Crippen LogP contribution in [-0.2, 0) is 11.3 Å². The molecule has 0 fully saturated rings. The molecule has 1 heterocycles. The highest BCUT2D eigenvalue weighted by Crippen LogP contribution is 2.05. The van der Waals surface area contributed by atoms with Crippen molar-refractivity contribution in [2.75, 3.05) is 7.05 Å². The fourth-order valence-electron chi connectivity index (χ4n) is 1.42. The summed E-state index contributed by atoms with van der Waals surface area (Å²) in [5, 5.41) is 0. The smallest absolute Gasteiger partial charge is 0.242 e. The Kier molecular flexibility index (Phi) is 3.88. The molecule has 0 atom stereocenters. The Bertz CT molecular complexity index is 393. The molecule has 0 unspecified atom stereocenters. The normalized spacial score (nSPS) is 10.6. The van der Waals surface area contributed by atoms with Crippen LogP contribution in [0.5, 0.6) is 0 Å². The molecule has 88 valence electrons. The van der Waals surface area contributed by atoms with Gasteiger partial charge in [-0.15, -0.1) is 0 Å². The van der Waals surface area contributed by atoms with Crippen molar-refractivity contribution >= 4 is 11.7 Å². The lowest BCUT2D eigenvalue weighted by atomic mass is 10.3. The first kappa shape index (κ1) is 12.5. The molecule has 1 rings (SSSR count). The van der Waals surface area contributed by atoms with Crippen LogP contribution in [0, 0.1) is 0 Å². The molecule has 0 aliphatic heterocycles. The van der Waals surface area contributed by atoms with Crippen molar-refractivity contribution in [1.29, 1.82) is 0 Å². The molecular weight excluding hydrogens is 204 g/mol. The number of carbonyl (C=O) groups is 2. The zero-order valence-corrected chi connectivity index (χ0v) is 10.2. The number of rotatable bonds is 4. The molecule has 0 radical (unpaired) electrons. The van der Waals surface area contributed by atoms with Crippen LogP contribution in [-0.4, -0.2) is 34.2 Å². The molecule has 1 aromatic heterocycles. The Labute approximate surface area is 95.9 Å². The maximum absolute atomic E-state index is 11.8. The monoisotopic (exact) mass is 222 g/mol. The van der Waals surface area contributed by atoms with E-state index >= 15 is 0 Å². The number of nitrogens with zero attached hydrogens (tertiary/aromatic N) is 2. The summed E-state index contributed by atoms with van der Waals surface area (Å²) in [6, 6.07) is 3.67. The van der Waals surface area contributed by atoms with Gasteiger partial charge in [0, 0.05) is 26.2 Å². The minimum absolute atomic E-state index is 0.00806. The highest BCUT2D eigenvalue weighted by Gasteiger charge is 2.14. The van der Waals surface area contributed by atoms with Crippen molar-refractivity contribution in [1.82, 2.24) is 9.47 Å². The molecule has 4 heteroatoms. The SMILES string of the molecule is CC(=O)c1cccn1CC(=O)N(C)C(C)C. The van der Waals surface area contributed by atoms with Gasteiger partial charge in [-0.1, -0.05) is 0 Å². The van der Waals surface area contributed by atoms with Crippen molar-refractivity contribution in [3.63, 3.8) is 0 Å². The van der Waals surface area contributed by atoms with E-state index in [1.54, 1.807) is 34.8 Å². The van der Waals surface area contributed by atoms with E-state index in [9.17, 15) is 9.59 Å². The van der Waals surface area contributed by atoms with Gasteiger partial charge in [0.05, 0.1) is 5.69 Å². The van der Waals surface area contributed by atoms with Crippen molar-refractivity contribution in [3.8, 4) is 0 Å². The zero-order valence-electron chi connectivity index (χ0n) is 10.2. The van der Waals surface area contributed by atoms with Crippen LogP contribution in [0.3, 0.4) is 0 Å². The number of hydrogen-bond donors (Lipinski definition) is 0. The second-order valence-corrected chi connectivity index (χ2v) is 4.18. The van der Waals surface area contributed by atoms with Gasteiger partial charge in [0.2, 0.25) is 5.91 Å². The number of hydrogen-bond acceptors (Lipinski definition) is 2. The summed E-state index contributed by atoms with van der Waals surface area (Å²) in [5.74, 6) is -0.0151. The lowest BCUT2D eigenvalue weighted by molar-refractivity contribution is -0.131. The van der Waals surface area contributed by atoms with Gasteiger partial charge in [0.25, 0.3) is 0 Å². The summed E-state index contributed by atoms with van der Waals surface area (Å²) >= 11 is 0. The molecule has 0 saturated carbocycles. The molecule has 0 spiro atoms. The molecule has 0 aromatic carbocycles. The standard InChI is InChI=1S/C12H18N2O2/c1-9(2)13(4)12(16)8-14-7-5-6-11(14)10(3)15/h5-7,9H,8H2,1-4H3. The largest absolute Gasteiger partial charge is 0.342 e. The first-order chi connectivity index (χ1) is 7.43. The van der Waals surface area contributed by atoms with Gasteiger partial charge in [0.15, 0.2) is 5.78 Å². The topological polar surface area (TPSA) is 42.3 Å². The minimum atomic E-state index is -0.0231. The van der Waals surface area contributed by atoms with Crippen LogP contribution >= 0.6 is 0 Å². The van der Waals surface area contributed by atoms with E-state index in [0.29, 0.717) is 5.69 Å². The number of Topliss-reactive ketones (excluding diaryl/α,β-unsaturated/α-hetero) is 1. The number of carbonyl (C=O) groups excluding carboxylic acids is 2. The van der Waals surface area contributed by atoms with Crippen LogP contribution < -0.4 is 0 Å². The lowest BCUT2D eigenvalue weighted by Crippen LogP contribution is -2.35. The molecule has 1 aromatic rings. The van der Waals surface area contributed by atoms with E-state index in [-0.39, 0.29) is 24.3 Å². The van der Waals surface area contributed by atoms with Crippen molar-refractivity contribution in [2.24, 2.45) is 0 Å². The maximum Gasteiger partial charge on any atom is 0.242 e. The fourth-order valence-corrected chi connectivity index (χ4v) is 1.42. The van der Waals surface area contributed by atoms with Crippen molar-refractivity contribution in [3.05, 3.63) is 24.0 Å².